The molecule has 2 rings (SSSR count). The van der Waals surface area contributed by atoms with Gasteiger partial charge in [-0.25, -0.2) is 4.98 Å². The second-order valence-electron chi connectivity index (χ2n) is 5.56. The number of nitrogens with two attached hydrogens (primary N) is 2. The number of nitrogens with zero attached hydrogens (tertiary/aromatic N) is 3. The molecule has 132 valence electrons. The molecule has 2 aromatic rings. The fraction of sp³-hybridized carbons (Fsp3) is 0.429. The number of fused-ring (bicyclic) bond motifs is 1. The van der Waals surface area contributed by atoms with Crippen LogP contribution in [0.4, 0.5) is 30.5 Å². The maximum absolute atomic E-state index is 12.4. The Bertz CT molecular complexity index is 753. The average Bonchev–Trinajstić information content (AvgIpc) is 2.75. The number of rotatable bonds is 5. The monoisotopic (exact) mass is 344 g/mol. The number of aryl methyl sites for hydroxylation is 1. The van der Waals surface area contributed by atoms with Gasteiger partial charge in [0.25, 0.3) is 0 Å². The standard InChI is InChI=1S/C14H19F3N6O/c1-22(2)12(24)3-4-23-11-6-9(20-7-14(15,16)17)8(18)5-10(11)21-13(23)19/h5-6,20H,3-4,7,18H2,1-2H3,(H2,19,21). The highest BCUT2D eigenvalue weighted by atomic mass is 19.4. The molecular weight excluding hydrogens is 325 g/mol. The minimum absolute atomic E-state index is 0.0953. The van der Waals surface area contributed by atoms with Gasteiger partial charge < -0.3 is 26.3 Å². The van der Waals surface area contributed by atoms with E-state index in [-0.39, 0.29) is 36.2 Å². The van der Waals surface area contributed by atoms with Crippen LogP contribution in [0.5, 0.6) is 0 Å². The van der Waals surface area contributed by atoms with Crippen molar-refractivity contribution < 1.29 is 18.0 Å². The lowest BCUT2D eigenvalue weighted by atomic mass is 10.2. The van der Waals surface area contributed by atoms with Crippen LogP contribution < -0.4 is 16.8 Å². The largest absolute Gasteiger partial charge is 0.405 e. The fourth-order valence-corrected chi connectivity index (χ4v) is 2.22. The van der Waals surface area contributed by atoms with Crippen molar-refractivity contribution in [1.29, 1.82) is 0 Å². The Morgan fingerprint density at radius 3 is 2.58 bits per heavy atom. The van der Waals surface area contributed by atoms with Gasteiger partial charge in [-0.3, -0.25) is 4.79 Å². The summed E-state index contributed by atoms with van der Waals surface area (Å²) in [5, 5.41) is 2.26. The molecule has 1 aromatic heterocycles. The maximum atomic E-state index is 12.4. The normalized spacial score (nSPS) is 11.7. The summed E-state index contributed by atoms with van der Waals surface area (Å²) in [6.45, 7) is -0.937. The topological polar surface area (TPSA) is 102 Å². The van der Waals surface area contributed by atoms with Crippen molar-refractivity contribution >= 4 is 34.3 Å². The first-order valence-corrected chi connectivity index (χ1v) is 7.14. The number of hydrogen-bond donors (Lipinski definition) is 3. The zero-order valence-electron chi connectivity index (χ0n) is 13.3. The van der Waals surface area contributed by atoms with E-state index in [4.69, 9.17) is 11.5 Å². The minimum Gasteiger partial charge on any atom is -0.397 e. The Morgan fingerprint density at radius 2 is 2.00 bits per heavy atom. The number of nitrogens with one attached hydrogen (secondary N) is 1. The number of halogens is 3. The molecule has 0 atom stereocenters. The molecule has 0 aliphatic heterocycles. The van der Waals surface area contributed by atoms with E-state index in [1.54, 1.807) is 18.7 Å². The molecule has 0 bridgehead atoms. The second kappa shape index (κ2) is 6.46. The highest BCUT2D eigenvalue weighted by Gasteiger charge is 2.27. The molecule has 1 heterocycles. The zero-order valence-corrected chi connectivity index (χ0v) is 13.3. The summed E-state index contributed by atoms with van der Waals surface area (Å²) < 4.78 is 38.7. The molecule has 7 nitrogen and oxygen atoms in total. The number of nitrogen functional groups attached to an aromatic ring is 2. The van der Waals surface area contributed by atoms with Crippen LogP contribution in [-0.4, -0.2) is 47.2 Å². The number of alkyl halides is 3. The number of carbonyl (C=O) groups is 1. The molecule has 24 heavy (non-hydrogen) atoms. The predicted molar refractivity (Wildman–Crippen MR) is 86.4 cm³/mol. The van der Waals surface area contributed by atoms with Crippen LogP contribution in [-0.2, 0) is 11.3 Å². The van der Waals surface area contributed by atoms with Crippen molar-refractivity contribution in [2.75, 3.05) is 37.4 Å². The molecule has 0 aliphatic rings. The molecule has 0 saturated heterocycles. The molecule has 5 N–H and O–H groups in total. The smallest absolute Gasteiger partial charge is 0.397 e. The van der Waals surface area contributed by atoms with Crippen LogP contribution in [0, 0.1) is 0 Å². The van der Waals surface area contributed by atoms with Crippen molar-refractivity contribution in [3.8, 4) is 0 Å². The average molecular weight is 344 g/mol. The van der Waals surface area contributed by atoms with Crippen molar-refractivity contribution in [3.05, 3.63) is 12.1 Å². The van der Waals surface area contributed by atoms with Crippen molar-refractivity contribution in [2.45, 2.75) is 19.1 Å². The van der Waals surface area contributed by atoms with Crippen LogP contribution in [0.3, 0.4) is 0 Å². The summed E-state index contributed by atoms with van der Waals surface area (Å²) in [7, 11) is 3.27. The van der Waals surface area contributed by atoms with E-state index in [2.05, 4.69) is 10.3 Å². The quantitative estimate of drug-likeness (QED) is 0.716. The second-order valence-corrected chi connectivity index (χ2v) is 5.56. The molecular formula is C14H19F3N6O. The van der Waals surface area contributed by atoms with E-state index in [9.17, 15) is 18.0 Å². The third-order valence-corrected chi connectivity index (χ3v) is 3.48. The van der Waals surface area contributed by atoms with Crippen molar-refractivity contribution in [3.63, 3.8) is 0 Å². The molecule has 1 amide bonds. The lowest BCUT2D eigenvalue weighted by molar-refractivity contribution is -0.128. The number of carbonyl (C=O) groups excluding carboxylic acids is 1. The van der Waals surface area contributed by atoms with E-state index in [0.717, 1.165) is 0 Å². The Labute approximate surface area is 136 Å². The van der Waals surface area contributed by atoms with Gasteiger partial charge in [-0.2, -0.15) is 13.2 Å². The Balaban J connectivity index is 2.31. The summed E-state index contributed by atoms with van der Waals surface area (Å²) in [5.41, 5.74) is 12.8. The first-order chi connectivity index (χ1) is 11.1. The van der Waals surface area contributed by atoms with Gasteiger partial charge in [0.15, 0.2) is 0 Å². The van der Waals surface area contributed by atoms with E-state index < -0.39 is 12.7 Å². The van der Waals surface area contributed by atoms with Crippen LogP contribution in [0.2, 0.25) is 0 Å². The molecule has 1 aromatic carbocycles. The molecule has 0 saturated carbocycles. The van der Waals surface area contributed by atoms with E-state index in [1.807, 2.05) is 0 Å². The minimum atomic E-state index is -4.36. The van der Waals surface area contributed by atoms with Crippen LogP contribution in [0.1, 0.15) is 6.42 Å². The molecule has 0 aliphatic carbocycles. The van der Waals surface area contributed by atoms with Gasteiger partial charge in [0.2, 0.25) is 11.9 Å². The lowest BCUT2D eigenvalue weighted by Gasteiger charge is -2.13. The van der Waals surface area contributed by atoms with Gasteiger partial charge in [0.1, 0.15) is 6.54 Å². The van der Waals surface area contributed by atoms with Gasteiger partial charge >= 0.3 is 6.18 Å². The summed E-state index contributed by atoms with van der Waals surface area (Å²) in [5.74, 6) is 0.0750. The van der Waals surface area contributed by atoms with Crippen LogP contribution >= 0.6 is 0 Å². The fourth-order valence-electron chi connectivity index (χ4n) is 2.22. The number of amides is 1. The first kappa shape index (κ1) is 17.7. The van der Waals surface area contributed by atoms with Gasteiger partial charge in [-0.05, 0) is 12.1 Å². The summed E-state index contributed by atoms with van der Waals surface area (Å²) in [6, 6.07) is 2.91. The summed E-state index contributed by atoms with van der Waals surface area (Å²) in [6.07, 6.45) is -4.17. The third kappa shape index (κ3) is 4.00. The van der Waals surface area contributed by atoms with Gasteiger partial charge in [-0.1, -0.05) is 0 Å². The highest BCUT2D eigenvalue weighted by Crippen LogP contribution is 2.29. The van der Waals surface area contributed by atoms with Gasteiger partial charge in [-0.15, -0.1) is 0 Å². The number of benzene rings is 1. The number of aromatic nitrogens is 2. The molecule has 0 spiro atoms. The Kier molecular flexibility index (Phi) is 4.76. The van der Waals surface area contributed by atoms with Gasteiger partial charge in [0, 0.05) is 27.1 Å². The predicted octanol–water partition coefficient (Wildman–Crippen LogP) is 1.65. The number of anilines is 3. The summed E-state index contributed by atoms with van der Waals surface area (Å²) >= 11 is 0. The van der Waals surface area contributed by atoms with E-state index >= 15 is 0 Å². The Morgan fingerprint density at radius 1 is 1.33 bits per heavy atom. The summed E-state index contributed by atoms with van der Waals surface area (Å²) in [4.78, 5) is 17.3. The van der Waals surface area contributed by atoms with Crippen LogP contribution in [0.15, 0.2) is 12.1 Å². The maximum Gasteiger partial charge on any atom is 0.405 e. The molecule has 0 fully saturated rings. The van der Waals surface area contributed by atoms with Gasteiger partial charge in [0.05, 0.1) is 22.4 Å². The Hall–Kier alpha value is -2.65. The van der Waals surface area contributed by atoms with Crippen molar-refractivity contribution in [1.82, 2.24) is 14.5 Å². The lowest BCUT2D eigenvalue weighted by Crippen LogP contribution is -2.23. The molecule has 10 heteroatoms. The highest BCUT2D eigenvalue weighted by molar-refractivity contribution is 5.88. The van der Waals surface area contributed by atoms with Crippen molar-refractivity contribution in [2.24, 2.45) is 0 Å². The van der Waals surface area contributed by atoms with E-state index in [0.29, 0.717) is 11.0 Å². The number of hydrogen-bond acceptors (Lipinski definition) is 5. The van der Waals surface area contributed by atoms with Crippen LogP contribution in [0.25, 0.3) is 11.0 Å². The zero-order chi connectivity index (χ0) is 18.1. The first-order valence-electron chi connectivity index (χ1n) is 7.14. The number of imidazole rings is 1. The molecule has 0 radical (unpaired) electrons. The van der Waals surface area contributed by atoms with E-state index in [1.165, 1.54) is 17.0 Å². The third-order valence-electron chi connectivity index (χ3n) is 3.48. The SMILES string of the molecule is CN(C)C(=O)CCn1c(N)nc2cc(N)c(NCC(F)(F)F)cc21. The molecule has 0 unspecified atom stereocenters.